The van der Waals surface area contributed by atoms with Crippen LogP contribution in [0, 0.1) is 6.92 Å². The summed E-state index contributed by atoms with van der Waals surface area (Å²) in [4.78, 5) is 13.3. The Balaban J connectivity index is 2.21. The van der Waals surface area contributed by atoms with E-state index in [0.29, 0.717) is 34.6 Å². The molecule has 9 heteroatoms. The van der Waals surface area contributed by atoms with Crippen LogP contribution >= 0.6 is 0 Å². The van der Waals surface area contributed by atoms with Gasteiger partial charge in [-0.05, 0) is 79.9 Å². The average molecular weight is 522 g/mol. The number of anilines is 2. The van der Waals surface area contributed by atoms with Crippen molar-refractivity contribution in [1.29, 1.82) is 0 Å². The Labute approximate surface area is 210 Å². The number of carboxylic acids is 1. The van der Waals surface area contributed by atoms with Crippen LogP contribution < -0.4 is 4.90 Å². The van der Waals surface area contributed by atoms with E-state index in [1.807, 2.05) is 13.8 Å². The van der Waals surface area contributed by atoms with Gasteiger partial charge >= 0.3 is 18.3 Å². The maximum absolute atomic E-state index is 13.3. The van der Waals surface area contributed by atoms with Crippen molar-refractivity contribution in [3.05, 3.63) is 106 Å². The summed E-state index contributed by atoms with van der Waals surface area (Å²) < 4.78 is 79.2. The van der Waals surface area contributed by atoms with Gasteiger partial charge in [-0.25, -0.2) is 4.79 Å². The smallest absolute Gasteiger partial charge is 0.416 e. The van der Waals surface area contributed by atoms with Gasteiger partial charge in [-0.15, -0.1) is 0 Å². The number of rotatable bonds is 7. The van der Waals surface area contributed by atoms with Crippen LogP contribution in [0.15, 0.2) is 78.0 Å². The van der Waals surface area contributed by atoms with Crippen molar-refractivity contribution in [3.8, 4) is 0 Å². The predicted octanol–water partition coefficient (Wildman–Crippen LogP) is 8.80. The number of hydrogen-bond donors (Lipinski definition) is 1. The predicted molar refractivity (Wildman–Crippen MR) is 130 cm³/mol. The molecule has 0 bridgehead atoms. The molecule has 0 aliphatic rings. The molecule has 0 aromatic heterocycles. The standard InChI is InChI=1S/C28H25F6NO2/c1-4-17(2)25(15-19-8-10-21(11-9-19)27(29,30)31)35(23-7-5-6-20(16-23)26(36)37)24-13-12-22(14-18(24)3)28(32,33)34/h5-14,16H,4,15H2,1-3H3,(H,36,37)/b25-17+. The molecule has 0 radical (unpaired) electrons. The Morgan fingerprint density at radius 1 is 0.865 bits per heavy atom. The van der Waals surface area contributed by atoms with Gasteiger partial charge < -0.3 is 10.0 Å². The van der Waals surface area contributed by atoms with E-state index >= 15 is 0 Å². The largest absolute Gasteiger partial charge is 0.478 e. The molecule has 37 heavy (non-hydrogen) atoms. The molecule has 0 aliphatic carbocycles. The molecule has 0 amide bonds. The molecular formula is C28H25F6NO2. The van der Waals surface area contributed by atoms with Crippen molar-refractivity contribution < 1.29 is 36.2 Å². The molecule has 3 aromatic carbocycles. The highest BCUT2D eigenvalue weighted by molar-refractivity contribution is 5.89. The lowest BCUT2D eigenvalue weighted by Gasteiger charge is -2.32. The van der Waals surface area contributed by atoms with Crippen LogP contribution in [0.5, 0.6) is 0 Å². The molecule has 0 fully saturated rings. The number of alkyl halides is 6. The molecule has 3 nitrogen and oxygen atoms in total. The first kappa shape index (κ1) is 27.8. The first-order chi connectivity index (χ1) is 17.2. The van der Waals surface area contributed by atoms with Crippen LogP contribution in [0.2, 0.25) is 0 Å². The zero-order chi connectivity index (χ0) is 27.5. The van der Waals surface area contributed by atoms with E-state index in [9.17, 15) is 36.2 Å². The van der Waals surface area contributed by atoms with Crippen molar-refractivity contribution in [2.24, 2.45) is 0 Å². The van der Waals surface area contributed by atoms with E-state index in [0.717, 1.165) is 29.8 Å². The summed E-state index contributed by atoms with van der Waals surface area (Å²) in [6.07, 6.45) is -8.33. The first-order valence-corrected chi connectivity index (χ1v) is 11.4. The number of carbonyl (C=O) groups is 1. The minimum atomic E-state index is -4.55. The highest BCUT2D eigenvalue weighted by Crippen LogP contribution is 2.39. The number of aromatic carboxylic acids is 1. The Morgan fingerprint density at radius 2 is 1.46 bits per heavy atom. The number of nitrogens with zero attached hydrogens (tertiary/aromatic N) is 1. The third-order valence-corrected chi connectivity index (χ3v) is 6.06. The number of allylic oxidation sites excluding steroid dienone is 2. The molecular weight excluding hydrogens is 496 g/mol. The Kier molecular flexibility index (Phi) is 8.05. The van der Waals surface area contributed by atoms with Crippen molar-refractivity contribution >= 4 is 17.3 Å². The Hall–Kier alpha value is -3.75. The van der Waals surface area contributed by atoms with E-state index in [1.54, 1.807) is 11.0 Å². The lowest BCUT2D eigenvalue weighted by atomic mass is 9.99. The van der Waals surface area contributed by atoms with Crippen LogP contribution in [-0.2, 0) is 18.8 Å². The normalized spacial score (nSPS) is 12.8. The summed E-state index contributed by atoms with van der Waals surface area (Å²) in [5, 5.41) is 9.52. The zero-order valence-electron chi connectivity index (χ0n) is 20.3. The van der Waals surface area contributed by atoms with Crippen LogP contribution in [0.25, 0.3) is 0 Å². The molecule has 196 valence electrons. The lowest BCUT2D eigenvalue weighted by Crippen LogP contribution is -2.22. The van der Waals surface area contributed by atoms with E-state index in [2.05, 4.69) is 0 Å². The molecule has 0 saturated carbocycles. The minimum Gasteiger partial charge on any atom is -0.478 e. The average Bonchev–Trinajstić information content (AvgIpc) is 2.83. The van der Waals surface area contributed by atoms with Gasteiger partial charge in [0.1, 0.15) is 0 Å². The van der Waals surface area contributed by atoms with Gasteiger partial charge in [0.25, 0.3) is 0 Å². The van der Waals surface area contributed by atoms with Crippen molar-refractivity contribution in [2.45, 2.75) is 46.0 Å². The first-order valence-electron chi connectivity index (χ1n) is 11.4. The Bertz CT molecular complexity index is 1310. The van der Waals surface area contributed by atoms with E-state index < -0.39 is 29.4 Å². The molecule has 0 spiro atoms. The van der Waals surface area contributed by atoms with E-state index in [-0.39, 0.29) is 12.0 Å². The van der Waals surface area contributed by atoms with Crippen molar-refractivity contribution in [1.82, 2.24) is 0 Å². The summed E-state index contributed by atoms with van der Waals surface area (Å²) in [6, 6.07) is 13.9. The maximum atomic E-state index is 13.3. The number of benzene rings is 3. The van der Waals surface area contributed by atoms with Gasteiger partial charge in [0.2, 0.25) is 0 Å². The third kappa shape index (κ3) is 6.53. The van der Waals surface area contributed by atoms with Crippen LogP contribution in [0.1, 0.15) is 52.9 Å². The Morgan fingerprint density at radius 3 is 1.97 bits per heavy atom. The fourth-order valence-electron chi connectivity index (χ4n) is 3.93. The quantitative estimate of drug-likeness (QED) is 0.316. The molecule has 0 atom stereocenters. The molecule has 0 aliphatic heterocycles. The number of aryl methyl sites for hydroxylation is 1. The topological polar surface area (TPSA) is 40.5 Å². The molecule has 0 unspecified atom stereocenters. The minimum absolute atomic E-state index is 0.0184. The molecule has 3 aromatic rings. The van der Waals surface area contributed by atoms with Crippen molar-refractivity contribution in [2.75, 3.05) is 4.90 Å². The SMILES string of the molecule is CC/C(C)=C(\Cc1ccc(C(F)(F)F)cc1)N(c1cccc(C(=O)O)c1)c1ccc(C(F)(F)F)cc1C. The fraction of sp³-hybridized carbons (Fsp3) is 0.250. The maximum Gasteiger partial charge on any atom is 0.416 e. The summed E-state index contributed by atoms with van der Waals surface area (Å²) in [6.45, 7) is 5.23. The summed E-state index contributed by atoms with van der Waals surface area (Å²) in [7, 11) is 0. The van der Waals surface area contributed by atoms with Gasteiger partial charge in [0.15, 0.2) is 0 Å². The van der Waals surface area contributed by atoms with Gasteiger partial charge in [-0.1, -0.05) is 30.7 Å². The number of hydrogen-bond acceptors (Lipinski definition) is 2. The van der Waals surface area contributed by atoms with Gasteiger partial charge in [0, 0.05) is 23.5 Å². The highest BCUT2D eigenvalue weighted by Gasteiger charge is 2.32. The number of halogens is 6. The van der Waals surface area contributed by atoms with Crippen LogP contribution in [0.4, 0.5) is 37.7 Å². The molecule has 0 heterocycles. The van der Waals surface area contributed by atoms with Gasteiger partial charge in [0.05, 0.1) is 16.7 Å². The highest BCUT2D eigenvalue weighted by atomic mass is 19.4. The molecule has 3 rings (SSSR count). The second kappa shape index (κ2) is 10.7. The van der Waals surface area contributed by atoms with Crippen molar-refractivity contribution in [3.63, 3.8) is 0 Å². The summed E-state index contributed by atoms with van der Waals surface area (Å²) >= 11 is 0. The lowest BCUT2D eigenvalue weighted by molar-refractivity contribution is -0.138. The van der Waals surface area contributed by atoms with E-state index in [1.165, 1.54) is 43.3 Å². The second-order valence-corrected chi connectivity index (χ2v) is 8.64. The second-order valence-electron chi connectivity index (χ2n) is 8.64. The summed E-state index contributed by atoms with van der Waals surface area (Å²) in [5.74, 6) is -1.17. The third-order valence-electron chi connectivity index (χ3n) is 6.06. The van der Waals surface area contributed by atoms with Crippen LogP contribution in [-0.4, -0.2) is 11.1 Å². The monoisotopic (exact) mass is 521 g/mol. The van der Waals surface area contributed by atoms with Crippen LogP contribution in [0.3, 0.4) is 0 Å². The van der Waals surface area contributed by atoms with Gasteiger partial charge in [-0.3, -0.25) is 0 Å². The molecule has 1 N–H and O–H groups in total. The zero-order valence-corrected chi connectivity index (χ0v) is 20.3. The van der Waals surface area contributed by atoms with Gasteiger partial charge in [-0.2, -0.15) is 26.3 Å². The fourth-order valence-corrected chi connectivity index (χ4v) is 3.93. The number of carboxylic acid groups (broad SMARTS) is 1. The van der Waals surface area contributed by atoms with E-state index in [4.69, 9.17) is 0 Å². The molecule has 0 saturated heterocycles. The summed E-state index contributed by atoms with van der Waals surface area (Å²) in [5.41, 5.74) is 1.46.